The highest BCUT2D eigenvalue weighted by molar-refractivity contribution is 6.31. The van der Waals surface area contributed by atoms with Crippen LogP contribution in [0, 0.1) is 5.92 Å². The van der Waals surface area contributed by atoms with E-state index < -0.39 is 6.04 Å². The number of nitrogens with zero attached hydrogens (tertiary/aromatic N) is 1. The molecule has 3 aromatic rings. The number of fused-ring (bicyclic) bond motifs is 1. The summed E-state index contributed by atoms with van der Waals surface area (Å²) in [6.45, 7) is 4.00. The van der Waals surface area contributed by atoms with Crippen molar-refractivity contribution >= 4 is 40.4 Å². The number of rotatable bonds is 7. The van der Waals surface area contributed by atoms with Crippen LogP contribution in [0.4, 0.5) is 5.95 Å². The minimum Gasteiger partial charge on any atom is -0.344 e. The minimum absolute atomic E-state index is 0.117. The molecule has 0 spiro atoms. The lowest BCUT2D eigenvalue weighted by molar-refractivity contribution is -0.126. The molecule has 2 aromatic carbocycles. The summed E-state index contributed by atoms with van der Waals surface area (Å²) >= 11 is 6.13. The number of nitrogens with one attached hydrogen (secondary N) is 3. The number of hydrogen-bond donors (Lipinski definition) is 3. The summed E-state index contributed by atoms with van der Waals surface area (Å²) in [5, 5.41) is 6.13. The molecule has 1 aromatic heterocycles. The molecule has 28 heavy (non-hydrogen) atoms. The van der Waals surface area contributed by atoms with E-state index in [1.165, 1.54) is 0 Å². The van der Waals surface area contributed by atoms with Crippen molar-refractivity contribution in [2.45, 2.75) is 32.7 Å². The van der Waals surface area contributed by atoms with Gasteiger partial charge < -0.3 is 10.3 Å². The van der Waals surface area contributed by atoms with Gasteiger partial charge in [0.15, 0.2) is 0 Å². The first-order chi connectivity index (χ1) is 13.4. The van der Waals surface area contributed by atoms with Crippen molar-refractivity contribution < 1.29 is 9.59 Å². The average molecular weight is 399 g/mol. The third-order valence-electron chi connectivity index (χ3n) is 4.30. The fourth-order valence-electron chi connectivity index (χ4n) is 2.98. The summed E-state index contributed by atoms with van der Waals surface area (Å²) in [6.07, 6.45) is 0.631. The summed E-state index contributed by atoms with van der Waals surface area (Å²) in [4.78, 5) is 32.7. The molecule has 1 unspecified atom stereocenters. The normalized spacial score (nSPS) is 12.1. The quantitative estimate of drug-likeness (QED) is 0.563. The van der Waals surface area contributed by atoms with Gasteiger partial charge in [-0.2, -0.15) is 0 Å². The van der Waals surface area contributed by atoms with Crippen LogP contribution in [0.1, 0.15) is 25.8 Å². The third kappa shape index (κ3) is 5.10. The predicted molar refractivity (Wildman–Crippen MR) is 111 cm³/mol. The Bertz CT molecular complexity index is 950. The molecular formula is C21H23ClN4O2. The van der Waals surface area contributed by atoms with E-state index in [1.54, 1.807) is 12.1 Å². The van der Waals surface area contributed by atoms with Gasteiger partial charge in [-0.15, -0.1) is 0 Å². The summed E-state index contributed by atoms with van der Waals surface area (Å²) in [5.74, 6) is 0.0334. The highest BCUT2D eigenvalue weighted by Crippen LogP contribution is 2.17. The van der Waals surface area contributed by atoms with Crippen LogP contribution in [0.2, 0.25) is 5.02 Å². The number of amides is 2. The molecule has 7 heteroatoms. The molecule has 0 aliphatic heterocycles. The number of H-pyrrole nitrogens is 1. The van der Waals surface area contributed by atoms with E-state index in [1.807, 2.05) is 50.2 Å². The van der Waals surface area contributed by atoms with Gasteiger partial charge in [0.25, 0.3) is 0 Å². The Morgan fingerprint density at radius 3 is 2.54 bits per heavy atom. The Labute approximate surface area is 168 Å². The van der Waals surface area contributed by atoms with Crippen LogP contribution < -0.4 is 10.6 Å². The topological polar surface area (TPSA) is 86.9 Å². The first-order valence-electron chi connectivity index (χ1n) is 9.20. The molecule has 0 radical (unpaired) electrons. The Morgan fingerprint density at radius 1 is 1.11 bits per heavy atom. The SMILES string of the molecule is CC(C)CC(NC(=O)Cc1ccccc1Cl)C(=O)Nc1nc2ccccc2[nH]1. The lowest BCUT2D eigenvalue weighted by Gasteiger charge is -2.19. The molecule has 6 nitrogen and oxygen atoms in total. The van der Waals surface area contributed by atoms with Crippen molar-refractivity contribution in [2.24, 2.45) is 5.92 Å². The standard InChI is InChI=1S/C21H23ClN4O2/c1-13(2)11-18(23-19(27)12-14-7-3-4-8-15(14)22)20(28)26-21-24-16-9-5-6-10-17(16)25-21/h3-10,13,18H,11-12H2,1-2H3,(H,23,27)(H2,24,25,26,28). The van der Waals surface area contributed by atoms with Crippen molar-refractivity contribution in [1.29, 1.82) is 0 Å². The number of aromatic nitrogens is 2. The smallest absolute Gasteiger partial charge is 0.249 e. The van der Waals surface area contributed by atoms with Crippen molar-refractivity contribution in [3.8, 4) is 0 Å². The lowest BCUT2D eigenvalue weighted by atomic mass is 10.0. The van der Waals surface area contributed by atoms with Crippen LogP contribution in [0.15, 0.2) is 48.5 Å². The number of imidazole rings is 1. The van der Waals surface area contributed by atoms with Gasteiger partial charge in [0.05, 0.1) is 17.5 Å². The largest absolute Gasteiger partial charge is 0.344 e. The van der Waals surface area contributed by atoms with E-state index in [2.05, 4.69) is 20.6 Å². The Hall–Kier alpha value is -2.86. The molecule has 3 N–H and O–H groups in total. The van der Waals surface area contributed by atoms with Gasteiger partial charge in [-0.05, 0) is 36.1 Å². The van der Waals surface area contributed by atoms with Gasteiger partial charge in [0, 0.05) is 5.02 Å². The number of aromatic amines is 1. The molecule has 0 bridgehead atoms. The van der Waals surface area contributed by atoms with Gasteiger partial charge in [0.1, 0.15) is 6.04 Å². The van der Waals surface area contributed by atoms with Gasteiger partial charge >= 0.3 is 0 Å². The van der Waals surface area contributed by atoms with E-state index in [-0.39, 0.29) is 24.2 Å². The van der Waals surface area contributed by atoms with Crippen LogP contribution in [0.3, 0.4) is 0 Å². The molecule has 0 aliphatic carbocycles. The van der Waals surface area contributed by atoms with Crippen molar-refractivity contribution in [1.82, 2.24) is 15.3 Å². The first kappa shape index (κ1) is 19.9. The highest BCUT2D eigenvalue weighted by Gasteiger charge is 2.23. The minimum atomic E-state index is -0.664. The molecule has 146 valence electrons. The number of carbonyl (C=O) groups is 2. The van der Waals surface area contributed by atoms with Crippen LogP contribution in [-0.4, -0.2) is 27.8 Å². The van der Waals surface area contributed by atoms with Crippen LogP contribution in [0.25, 0.3) is 11.0 Å². The molecular weight excluding hydrogens is 376 g/mol. The number of anilines is 1. The number of para-hydroxylation sites is 2. The lowest BCUT2D eigenvalue weighted by Crippen LogP contribution is -2.45. The molecule has 0 saturated carbocycles. The predicted octanol–water partition coefficient (Wildman–Crippen LogP) is 3.93. The monoisotopic (exact) mass is 398 g/mol. The van der Waals surface area contributed by atoms with Crippen molar-refractivity contribution in [2.75, 3.05) is 5.32 Å². The number of halogens is 1. The molecule has 3 rings (SSSR count). The van der Waals surface area contributed by atoms with Crippen LogP contribution >= 0.6 is 11.6 Å². The molecule has 1 atom stereocenters. The number of hydrogen-bond acceptors (Lipinski definition) is 3. The second-order valence-corrected chi connectivity index (χ2v) is 7.52. The summed E-state index contributed by atoms with van der Waals surface area (Å²) in [6, 6.07) is 14.0. The fourth-order valence-corrected chi connectivity index (χ4v) is 3.18. The van der Waals surface area contributed by atoms with E-state index in [4.69, 9.17) is 11.6 Å². The van der Waals surface area contributed by atoms with Gasteiger partial charge in [-0.25, -0.2) is 4.98 Å². The second kappa shape index (κ2) is 8.89. The maximum Gasteiger partial charge on any atom is 0.249 e. The molecule has 2 amide bonds. The first-order valence-corrected chi connectivity index (χ1v) is 9.58. The Morgan fingerprint density at radius 2 is 1.82 bits per heavy atom. The maximum absolute atomic E-state index is 12.8. The zero-order chi connectivity index (χ0) is 20.1. The zero-order valence-corrected chi connectivity index (χ0v) is 16.6. The van der Waals surface area contributed by atoms with E-state index in [0.717, 1.165) is 16.6 Å². The Kier molecular flexibility index (Phi) is 6.31. The molecule has 0 aliphatic rings. The van der Waals surface area contributed by atoms with Gasteiger partial charge in [0.2, 0.25) is 17.8 Å². The summed E-state index contributed by atoms with van der Waals surface area (Å²) in [7, 11) is 0. The van der Waals surface area contributed by atoms with E-state index in [9.17, 15) is 9.59 Å². The third-order valence-corrected chi connectivity index (χ3v) is 4.67. The van der Waals surface area contributed by atoms with E-state index in [0.29, 0.717) is 17.4 Å². The molecule has 0 fully saturated rings. The van der Waals surface area contributed by atoms with Crippen molar-refractivity contribution in [3.63, 3.8) is 0 Å². The summed E-state index contributed by atoms with van der Waals surface area (Å²) in [5.41, 5.74) is 2.32. The second-order valence-electron chi connectivity index (χ2n) is 7.11. The van der Waals surface area contributed by atoms with Gasteiger partial charge in [-0.3, -0.25) is 14.9 Å². The van der Waals surface area contributed by atoms with Crippen LogP contribution in [-0.2, 0) is 16.0 Å². The average Bonchev–Trinajstić information content (AvgIpc) is 3.05. The number of benzene rings is 2. The zero-order valence-electron chi connectivity index (χ0n) is 15.8. The Balaban J connectivity index is 1.68. The van der Waals surface area contributed by atoms with Gasteiger partial charge in [-0.1, -0.05) is 55.8 Å². The number of carbonyl (C=O) groups excluding carboxylic acids is 2. The maximum atomic E-state index is 12.8. The molecule has 1 heterocycles. The summed E-state index contributed by atoms with van der Waals surface area (Å²) < 4.78 is 0. The van der Waals surface area contributed by atoms with Crippen LogP contribution in [0.5, 0.6) is 0 Å². The van der Waals surface area contributed by atoms with E-state index >= 15 is 0 Å². The fraction of sp³-hybridized carbons (Fsp3) is 0.286. The van der Waals surface area contributed by atoms with Crippen molar-refractivity contribution in [3.05, 3.63) is 59.1 Å². The highest BCUT2D eigenvalue weighted by atomic mass is 35.5. The molecule has 0 saturated heterocycles.